The van der Waals surface area contributed by atoms with Crippen LogP contribution in [0.5, 0.6) is 0 Å². The minimum absolute atomic E-state index is 0.00936. The van der Waals surface area contributed by atoms with Crippen LogP contribution in [-0.2, 0) is 4.79 Å². The van der Waals surface area contributed by atoms with Crippen LogP contribution in [0, 0.1) is 6.92 Å². The fraction of sp³-hybridized carbons (Fsp3) is 0.471. The molecule has 25 heavy (non-hydrogen) atoms. The Labute approximate surface area is 150 Å². The number of fused-ring (bicyclic) bond motifs is 1. The fourth-order valence-corrected chi connectivity index (χ4v) is 4.41. The quantitative estimate of drug-likeness (QED) is 0.772. The molecule has 132 valence electrons. The number of anilines is 1. The van der Waals surface area contributed by atoms with Gasteiger partial charge in [0.1, 0.15) is 17.8 Å². The summed E-state index contributed by atoms with van der Waals surface area (Å²) in [6, 6.07) is 0.401. The Balaban J connectivity index is 1.57. The molecular formula is C17H22N6OS. The van der Waals surface area contributed by atoms with Crippen molar-refractivity contribution in [3.63, 3.8) is 0 Å². The molecule has 8 heteroatoms. The second-order valence-electron chi connectivity index (χ2n) is 6.67. The van der Waals surface area contributed by atoms with Crippen molar-refractivity contribution in [2.24, 2.45) is 5.73 Å². The monoisotopic (exact) mass is 358 g/mol. The molecular weight excluding hydrogens is 336 g/mol. The number of thioether (sulfide) groups is 1. The molecule has 0 saturated heterocycles. The van der Waals surface area contributed by atoms with E-state index in [9.17, 15) is 4.79 Å². The molecule has 2 aromatic heterocycles. The number of rotatable bonds is 3. The molecule has 3 heterocycles. The van der Waals surface area contributed by atoms with Gasteiger partial charge in [-0.25, -0.2) is 9.97 Å². The molecule has 0 spiro atoms. The summed E-state index contributed by atoms with van der Waals surface area (Å²) in [5.41, 5.74) is 7.86. The average Bonchev–Trinajstić information content (AvgIpc) is 3.21. The van der Waals surface area contributed by atoms with Gasteiger partial charge in [0.2, 0.25) is 0 Å². The summed E-state index contributed by atoms with van der Waals surface area (Å²) in [7, 11) is 0. The maximum atomic E-state index is 12.6. The maximum Gasteiger partial charge on any atom is 0.259 e. The zero-order valence-corrected chi connectivity index (χ0v) is 15.0. The smallest absolute Gasteiger partial charge is 0.259 e. The Kier molecular flexibility index (Phi) is 4.39. The molecule has 1 aliphatic heterocycles. The van der Waals surface area contributed by atoms with E-state index in [1.54, 1.807) is 18.1 Å². The molecule has 1 amide bonds. The highest BCUT2D eigenvalue weighted by Crippen LogP contribution is 2.31. The van der Waals surface area contributed by atoms with Gasteiger partial charge in [-0.2, -0.15) is 0 Å². The van der Waals surface area contributed by atoms with Gasteiger partial charge in [-0.15, -0.1) is 11.8 Å². The van der Waals surface area contributed by atoms with Crippen molar-refractivity contribution in [1.29, 1.82) is 0 Å². The molecule has 2 aliphatic rings. The lowest BCUT2D eigenvalue weighted by atomic mass is 10.2. The van der Waals surface area contributed by atoms with E-state index < -0.39 is 0 Å². The Morgan fingerprint density at radius 2 is 2.32 bits per heavy atom. The van der Waals surface area contributed by atoms with Crippen LogP contribution in [0.3, 0.4) is 0 Å². The van der Waals surface area contributed by atoms with Crippen LogP contribution in [0.15, 0.2) is 23.6 Å². The molecule has 4 N–H and O–H groups in total. The lowest BCUT2D eigenvalue weighted by molar-refractivity contribution is -0.117. The van der Waals surface area contributed by atoms with E-state index in [4.69, 9.17) is 5.73 Å². The van der Waals surface area contributed by atoms with E-state index >= 15 is 0 Å². The number of nitrogens with zero attached hydrogens (tertiary/aromatic N) is 3. The van der Waals surface area contributed by atoms with Gasteiger partial charge in [0.15, 0.2) is 0 Å². The molecule has 0 unspecified atom stereocenters. The van der Waals surface area contributed by atoms with E-state index in [2.05, 4.69) is 25.2 Å². The van der Waals surface area contributed by atoms with Gasteiger partial charge in [0, 0.05) is 36.8 Å². The molecule has 0 aromatic carbocycles. The molecule has 7 nitrogen and oxygen atoms in total. The van der Waals surface area contributed by atoms with Crippen molar-refractivity contribution in [2.75, 3.05) is 17.2 Å². The summed E-state index contributed by atoms with van der Waals surface area (Å²) >= 11 is 1.59. The first-order valence-corrected chi connectivity index (χ1v) is 9.57. The van der Waals surface area contributed by atoms with Crippen LogP contribution in [-0.4, -0.2) is 45.2 Å². The third kappa shape index (κ3) is 3.23. The Bertz CT molecular complexity index is 832. The van der Waals surface area contributed by atoms with E-state index in [0.29, 0.717) is 0 Å². The first-order chi connectivity index (χ1) is 12.1. The summed E-state index contributed by atoms with van der Waals surface area (Å²) in [6.45, 7) is 2.84. The molecule has 1 fully saturated rings. The summed E-state index contributed by atoms with van der Waals surface area (Å²) < 4.78 is 0. The lowest BCUT2D eigenvalue weighted by Gasteiger charge is -2.26. The van der Waals surface area contributed by atoms with Gasteiger partial charge < -0.3 is 20.9 Å². The zero-order valence-electron chi connectivity index (χ0n) is 14.2. The number of amides is 1. The largest absolute Gasteiger partial charge is 0.349 e. The van der Waals surface area contributed by atoms with Crippen molar-refractivity contribution in [3.8, 4) is 0 Å². The molecule has 2 atom stereocenters. The SMILES string of the molecule is Cc1c[nH]c2ncnc(N3C=C(C(=O)N[C@@H]4CC[C@@H](N)C4)SCC3)c12. The van der Waals surface area contributed by atoms with E-state index in [0.717, 1.165) is 58.9 Å². The lowest BCUT2D eigenvalue weighted by Crippen LogP contribution is -2.36. The highest BCUT2D eigenvalue weighted by Gasteiger charge is 2.26. The summed E-state index contributed by atoms with van der Waals surface area (Å²) in [5.74, 6) is 1.68. The van der Waals surface area contributed by atoms with Gasteiger partial charge in [-0.05, 0) is 31.7 Å². The van der Waals surface area contributed by atoms with Crippen molar-refractivity contribution in [1.82, 2.24) is 20.3 Å². The average molecular weight is 358 g/mol. The topological polar surface area (TPSA) is 99.9 Å². The predicted molar refractivity (Wildman–Crippen MR) is 100 cm³/mol. The third-order valence-electron chi connectivity index (χ3n) is 4.81. The minimum atomic E-state index is -0.00936. The maximum absolute atomic E-state index is 12.6. The number of nitrogens with two attached hydrogens (primary N) is 1. The Hall–Kier alpha value is -2.06. The number of carbonyl (C=O) groups is 1. The van der Waals surface area contributed by atoms with Crippen LogP contribution in [0.2, 0.25) is 0 Å². The summed E-state index contributed by atoms with van der Waals surface area (Å²) in [6.07, 6.45) is 8.21. The highest BCUT2D eigenvalue weighted by atomic mass is 32.2. The second-order valence-corrected chi connectivity index (χ2v) is 7.81. The van der Waals surface area contributed by atoms with Crippen LogP contribution < -0.4 is 16.0 Å². The standard InChI is InChI=1S/C17H22N6OS/c1-10-7-19-15-14(10)16(21-9-20-15)23-4-5-25-13(8-23)17(24)22-12-3-2-11(18)6-12/h7-9,11-12H,2-6,18H2,1H3,(H,22,24)(H,19,20,21)/t11-,12-/m1/s1. The van der Waals surface area contributed by atoms with Crippen molar-refractivity contribution in [2.45, 2.75) is 38.3 Å². The number of hydrogen-bond donors (Lipinski definition) is 3. The Morgan fingerprint density at radius 1 is 1.44 bits per heavy atom. The third-order valence-corrected chi connectivity index (χ3v) is 5.80. The van der Waals surface area contributed by atoms with Gasteiger partial charge in [0.25, 0.3) is 5.91 Å². The summed E-state index contributed by atoms with van der Waals surface area (Å²) in [4.78, 5) is 27.3. The molecule has 4 rings (SSSR count). The molecule has 1 saturated carbocycles. The van der Waals surface area contributed by atoms with E-state index in [-0.39, 0.29) is 18.0 Å². The number of aromatic amines is 1. The fourth-order valence-electron chi connectivity index (χ4n) is 3.51. The van der Waals surface area contributed by atoms with Gasteiger partial charge in [0.05, 0.1) is 10.3 Å². The number of aromatic nitrogens is 3. The minimum Gasteiger partial charge on any atom is -0.349 e. The van der Waals surface area contributed by atoms with Gasteiger partial charge >= 0.3 is 0 Å². The zero-order chi connectivity index (χ0) is 17.4. The van der Waals surface area contributed by atoms with Gasteiger partial charge in [-0.3, -0.25) is 4.79 Å². The number of hydrogen-bond acceptors (Lipinski definition) is 6. The predicted octanol–water partition coefficient (Wildman–Crippen LogP) is 1.66. The van der Waals surface area contributed by atoms with Crippen molar-refractivity contribution in [3.05, 3.63) is 29.2 Å². The number of aryl methyl sites for hydroxylation is 1. The highest BCUT2D eigenvalue weighted by molar-refractivity contribution is 8.04. The first kappa shape index (κ1) is 16.4. The number of carbonyl (C=O) groups excluding carboxylic acids is 1. The normalized spacial score (nSPS) is 23.8. The van der Waals surface area contributed by atoms with E-state index in [1.807, 2.05) is 19.3 Å². The Morgan fingerprint density at radius 3 is 3.12 bits per heavy atom. The van der Waals surface area contributed by atoms with Gasteiger partial charge in [-0.1, -0.05) is 0 Å². The molecule has 0 bridgehead atoms. The van der Waals surface area contributed by atoms with Crippen LogP contribution in [0.4, 0.5) is 5.82 Å². The second kappa shape index (κ2) is 6.68. The van der Waals surface area contributed by atoms with Crippen molar-refractivity contribution >= 4 is 34.5 Å². The van der Waals surface area contributed by atoms with E-state index in [1.165, 1.54) is 0 Å². The van der Waals surface area contributed by atoms with Crippen LogP contribution in [0.25, 0.3) is 11.0 Å². The molecule has 1 aliphatic carbocycles. The van der Waals surface area contributed by atoms with Crippen LogP contribution in [0.1, 0.15) is 24.8 Å². The summed E-state index contributed by atoms with van der Waals surface area (Å²) in [5, 5.41) is 4.13. The molecule has 2 aromatic rings. The van der Waals surface area contributed by atoms with Crippen molar-refractivity contribution < 1.29 is 4.79 Å². The first-order valence-electron chi connectivity index (χ1n) is 8.58. The molecule has 0 radical (unpaired) electrons. The number of H-pyrrole nitrogens is 1. The number of nitrogens with one attached hydrogen (secondary N) is 2. The van der Waals surface area contributed by atoms with Crippen LogP contribution >= 0.6 is 11.8 Å².